The molecule has 1 aromatic carbocycles. The van der Waals surface area contributed by atoms with Crippen molar-refractivity contribution in [1.29, 1.82) is 0 Å². The molecule has 112 valence electrons. The molecule has 21 heavy (non-hydrogen) atoms. The van der Waals surface area contributed by atoms with Gasteiger partial charge < -0.3 is 10.0 Å². The van der Waals surface area contributed by atoms with Gasteiger partial charge in [0.15, 0.2) is 5.13 Å². The van der Waals surface area contributed by atoms with Crippen molar-refractivity contribution in [2.45, 2.75) is 33.6 Å². The highest BCUT2D eigenvalue weighted by Gasteiger charge is 2.21. The SMILES string of the molecule is Cc1cc(C)cc(N(C)c2nc(C(C)C)c(C(=O)O)s2)c1. The van der Waals surface area contributed by atoms with E-state index in [1.807, 2.05) is 25.8 Å². The molecule has 0 aliphatic carbocycles. The zero-order valence-corrected chi connectivity index (χ0v) is 13.8. The fourth-order valence-corrected chi connectivity index (χ4v) is 3.31. The maximum atomic E-state index is 11.4. The fraction of sp³-hybridized carbons (Fsp3) is 0.375. The summed E-state index contributed by atoms with van der Waals surface area (Å²) in [5, 5.41) is 10.0. The molecule has 0 fully saturated rings. The summed E-state index contributed by atoms with van der Waals surface area (Å²) in [6.07, 6.45) is 0. The van der Waals surface area contributed by atoms with Gasteiger partial charge >= 0.3 is 5.97 Å². The van der Waals surface area contributed by atoms with Crippen molar-refractivity contribution < 1.29 is 9.90 Å². The Morgan fingerprint density at radius 3 is 2.24 bits per heavy atom. The molecule has 1 heterocycles. The lowest BCUT2D eigenvalue weighted by Gasteiger charge is -2.17. The van der Waals surface area contributed by atoms with E-state index in [4.69, 9.17) is 0 Å². The van der Waals surface area contributed by atoms with Gasteiger partial charge in [0.05, 0.1) is 5.69 Å². The summed E-state index contributed by atoms with van der Waals surface area (Å²) in [4.78, 5) is 18.2. The van der Waals surface area contributed by atoms with Gasteiger partial charge in [0.1, 0.15) is 4.88 Å². The second-order valence-electron chi connectivity index (χ2n) is 5.58. The Hall–Kier alpha value is -1.88. The van der Waals surface area contributed by atoms with E-state index < -0.39 is 5.97 Å². The van der Waals surface area contributed by atoms with E-state index in [9.17, 15) is 9.90 Å². The highest BCUT2D eigenvalue weighted by molar-refractivity contribution is 7.17. The van der Waals surface area contributed by atoms with Gasteiger partial charge in [0, 0.05) is 12.7 Å². The topological polar surface area (TPSA) is 53.4 Å². The molecule has 0 amide bonds. The van der Waals surface area contributed by atoms with Crippen LogP contribution in [0.3, 0.4) is 0 Å². The Morgan fingerprint density at radius 1 is 1.24 bits per heavy atom. The molecule has 0 saturated carbocycles. The molecule has 0 bridgehead atoms. The van der Waals surface area contributed by atoms with E-state index in [1.165, 1.54) is 22.5 Å². The number of aromatic nitrogens is 1. The van der Waals surface area contributed by atoms with E-state index in [1.54, 1.807) is 0 Å². The van der Waals surface area contributed by atoms with E-state index in [0.717, 1.165) is 5.69 Å². The van der Waals surface area contributed by atoms with Crippen molar-refractivity contribution in [1.82, 2.24) is 4.98 Å². The molecular weight excluding hydrogens is 284 g/mol. The van der Waals surface area contributed by atoms with Crippen LogP contribution in [0, 0.1) is 13.8 Å². The second kappa shape index (κ2) is 5.85. The van der Waals surface area contributed by atoms with Gasteiger partial charge in [-0.15, -0.1) is 0 Å². The number of benzene rings is 1. The lowest BCUT2D eigenvalue weighted by atomic mass is 10.1. The Balaban J connectivity index is 2.46. The number of carboxylic acids is 1. The van der Waals surface area contributed by atoms with Crippen molar-refractivity contribution in [2.24, 2.45) is 0 Å². The number of carbonyl (C=O) groups is 1. The number of hydrogen-bond acceptors (Lipinski definition) is 4. The maximum absolute atomic E-state index is 11.4. The van der Waals surface area contributed by atoms with E-state index in [-0.39, 0.29) is 5.92 Å². The zero-order chi connectivity index (χ0) is 15.7. The third kappa shape index (κ3) is 3.24. The van der Waals surface area contributed by atoms with E-state index >= 15 is 0 Å². The van der Waals surface area contributed by atoms with Gasteiger partial charge in [-0.3, -0.25) is 0 Å². The van der Waals surface area contributed by atoms with Gasteiger partial charge in [-0.25, -0.2) is 9.78 Å². The summed E-state index contributed by atoms with van der Waals surface area (Å²) >= 11 is 1.23. The monoisotopic (exact) mass is 304 g/mol. The Bertz CT molecular complexity index is 657. The molecule has 0 atom stereocenters. The molecule has 0 unspecified atom stereocenters. The zero-order valence-electron chi connectivity index (χ0n) is 13.0. The molecule has 2 rings (SSSR count). The third-order valence-electron chi connectivity index (χ3n) is 3.26. The smallest absolute Gasteiger partial charge is 0.347 e. The van der Waals surface area contributed by atoms with Crippen LogP contribution in [0.4, 0.5) is 10.8 Å². The molecule has 5 heteroatoms. The third-order valence-corrected chi connectivity index (χ3v) is 4.40. The number of nitrogens with zero attached hydrogens (tertiary/aromatic N) is 2. The first-order valence-corrected chi connectivity index (χ1v) is 7.67. The Kier molecular flexibility index (Phi) is 4.32. The lowest BCUT2D eigenvalue weighted by Crippen LogP contribution is -2.09. The number of thiazole rings is 1. The molecular formula is C16H20N2O2S. The fourth-order valence-electron chi connectivity index (χ4n) is 2.26. The van der Waals surface area contributed by atoms with Gasteiger partial charge in [0.25, 0.3) is 0 Å². The Morgan fingerprint density at radius 2 is 1.81 bits per heavy atom. The van der Waals surface area contributed by atoms with Crippen LogP contribution >= 0.6 is 11.3 Å². The largest absolute Gasteiger partial charge is 0.477 e. The van der Waals surface area contributed by atoms with Crippen molar-refractivity contribution in [3.8, 4) is 0 Å². The summed E-state index contributed by atoms with van der Waals surface area (Å²) in [6.45, 7) is 8.02. The highest BCUT2D eigenvalue weighted by atomic mass is 32.1. The normalized spacial score (nSPS) is 11.0. The first-order chi connectivity index (χ1) is 9.79. The highest BCUT2D eigenvalue weighted by Crippen LogP contribution is 2.34. The van der Waals surface area contributed by atoms with Crippen molar-refractivity contribution in [2.75, 3.05) is 11.9 Å². The quantitative estimate of drug-likeness (QED) is 0.912. The molecule has 2 aromatic rings. The summed E-state index contributed by atoms with van der Waals surface area (Å²) in [5.74, 6) is -0.815. The molecule has 0 aliphatic rings. The molecule has 1 aromatic heterocycles. The first kappa shape index (κ1) is 15.5. The van der Waals surface area contributed by atoms with Gasteiger partial charge in [-0.1, -0.05) is 31.3 Å². The standard InChI is InChI=1S/C16H20N2O2S/c1-9(2)13-14(15(19)20)21-16(17-13)18(5)12-7-10(3)6-11(4)8-12/h6-9H,1-5H3,(H,19,20). The van der Waals surface area contributed by atoms with Crippen molar-refractivity contribution >= 4 is 28.1 Å². The lowest BCUT2D eigenvalue weighted by molar-refractivity contribution is 0.0700. The first-order valence-electron chi connectivity index (χ1n) is 6.85. The number of hydrogen-bond donors (Lipinski definition) is 1. The summed E-state index contributed by atoms with van der Waals surface area (Å²) in [5.41, 5.74) is 4.03. The number of aryl methyl sites for hydroxylation is 2. The van der Waals surface area contributed by atoms with Crippen LogP contribution < -0.4 is 4.90 Å². The Labute approximate surface area is 129 Å². The van der Waals surface area contributed by atoms with Crippen LogP contribution in [-0.2, 0) is 0 Å². The summed E-state index contributed by atoms with van der Waals surface area (Å²) in [7, 11) is 1.92. The van der Waals surface area contributed by atoms with Crippen molar-refractivity contribution in [3.05, 3.63) is 39.9 Å². The second-order valence-corrected chi connectivity index (χ2v) is 6.55. The van der Waals surface area contributed by atoms with Crippen LogP contribution in [0.25, 0.3) is 0 Å². The molecule has 4 nitrogen and oxygen atoms in total. The van der Waals surface area contributed by atoms with Gasteiger partial charge in [0.2, 0.25) is 0 Å². The minimum absolute atomic E-state index is 0.0914. The van der Waals surface area contributed by atoms with Crippen LogP contribution in [-0.4, -0.2) is 23.1 Å². The predicted molar refractivity (Wildman–Crippen MR) is 87.1 cm³/mol. The number of carboxylic acid groups (broad SMARTS) is 1. The molecule has 0 radical (unpaired) electrons. The van der Waals surface area contributed by atoms with Gasteiger partial charge in [-0.2, -0.15) is 0 Å². The maximum Gasteiger partial charge on any atom is 0.347 e. The van der Waals surface area contributed by atoms with Crippen LogP contribution in [0.1, 0.15) is 46.3 Å². The predicted octanol–water partition coefficient (Wildman–Crippen LogP) is 4.35. The van der Waals surface area contributed by atoms with Crippen LogP contribution in [0.5, 0.6) is 0 Å². The minimum atomic E-state index is -0.906. The molecule has 1 N–H and O–H groups in total. The number of aromatic carboxylic acids is 1. The summed E-state index contributed by atoms with van der Waals surface area (Å²) in [6, 6.07) is 6.26. The van der Waals surface area contributed by atoms with E-state index in [2.05, 4.69) is 37.0 Å². The van der Waals surface area contributed by atoms with Crippen LogP contribution in [0.2, 0.25) is 0 Å². The van der Waals surface area contributed by atoms with Crippen LogP contribution in [0.15, 0.2) is 18.2 Å². The van der Waals surface area contributed by atoms with Gasteiger partial charge in [-0.05, 0) is 43.0 Å². The van der Waals surface area contributed by atoms with E-state index in [0.29, 0.717) is 15.7 Å². The number of rotatable bonds is 4. The average molecular weight is 304 g/mol. The summed E-state index contributed by atoms with van der Waals surface area (Å²) < 4.78 is 0. The molecule has 0 spiro atoms. The molecule has 0 aliphatic heterocycles. The minimum Gasteiger partial charge on any atom is -0.477 e. The van der Waals surface area contributed by atoms with Crippen molar-refractivity contribution in [3.63, 3.8) is 0 Å². The number of anilines is 2. The average Bonchev–Trinajstić information content (AvgIpc) is 2.81. The molecule has 0 saturated heterocycles.